The monoisotopic (exact) mass is 355 g/mol. The first-order valence-electron chi connectivity index (χ1n) is 9.48. The van der Waals surface area contributed by atoms with Crippen LogP contribution in [0.15, 0.2) is 35.1 Å². The lowest BCUT2D eigenvalue weighted by Gasteiger charge is -2.22. The number of carbonyl (C=O) groups excluding carboxylic acids is 1. The fraction of sp³-hybridized carbons (Fsp3) is 0.526. The molecule has 2 fully saturated rings. The van der Waals surface area contributed by atoms with Crippen molar-refractivity contribution in [1.82, 2.24) is 24.6 Å². The van der Waals surface area contributed by atoms with Gasteiger partial charge in [0.1, 0.15) is 5.82 Å². The quantitative estimate of drug-likeness (QED) is 0.873. The number of carbonyl (C=O) groups is 1. The molecule has 1 atom stereocenters. The second-order valence-electron chi connectivity index (χ2n) is 7.06. The van der Waals surface area contributed by atoms with Crippen molar-refractivity contribution in [2.75, 3.05) is 26.2 Å². The summed E-state index contributed by atoms with van der Waals surface area (Å²) in [5.74, 6) is 1.23. The number of benzene rings is 1. The molecular weight excluding hydrogens is 330 g/mol. The third-order valence-corrected chi connectivity index (χ3v) is 5.29. The van der Waals surface area contributed by atoms with Crippen molar-refractivity contribution in [2.24, 2.45) is 0 Å². The van der Waals surface area contributed by atoms with E-state index in [0.717, 1.165) is 50.4 Å². The van der Waals surface area contributed by atoms with Gasteiger partial charge in [-0.05, 0) is 37.9 Å². The van der Waals surface area contributed by atoms with Crippen LogP contribution in [0.2, 0.25) is 0 Å². The third kappa shape index (κ3) is 3.31. The van der Waals surface area contributed by atoms with Crippen LogP contribution in [0.1, 0.15) is 37.4 Å². The van der Waals surface area contributed by atoms with E-state index in [1.807, 2.05) is 35.2 Å². The van der Waals surface area contributed by atoms with Crippen LogP contribution in [0, 0.1) is 0 Å². The molecule has 7 nitrogen and oxygen atoms in total. The number of amides is 1. The van der Waals surface area contributed by atoms with Gasteiger partial charge in [0.25, 0.3) is 0 Å². The maximum atomic E-state index is 13.1. The van der Waals surface area contributed by atoms with Crippen molar-refractivity contribution < 1.29 is 4.79 Å². The molecule has 1 aromatic carbocycles. The van der Waals surface area contributed by atoms with Gasteiger partial charge in [0.2, 0.25) is 5.91 Å². The average molecular weight is 355 g/mol. The zero-order valence-electron chi connectivity index (χ0n) is 14.9. The number of nitrogens with zero attached hydrogens (tertiary/aromatic N) is 4. The average Bonchev–Trinajstić information content (AvgIpc) is 3.24. The summed E-state index contributed by atoms with van der Waals surface area (Å²) in [7, 11) is 0. The van der Waals surface area contributed by atoms with Crippen LogP contribution in [0.25, 0.3) is 5.69 Å². The number of rotatable bonds is 5. The second kappa shape index (κ2) is 7.45. The normalized spacial score (nSPS) is 20.7. The predicted molar refractivity (Wildman–Crippen MR) is 98.5 cm³/mol. The maximum Gasteiger partial charge on any atom is 0.350 e. The minimum absolute atomic E-state index is 0.122. The molecule has 0 saturated carbocycles. The van der Waals surface area contributed by atoms with Gasteiger partial charge in [0.05, 0.1) is 12.2 Å². The van der Waals surface area contributed by atoms with Crippen LogP contribution in [-0.2, 0) is 11.3 Å². The van der Waals surface area contributed by atoms with Crippen LogP contribution < -0.4 is 11.0 Å². The van der Waals surface area contributed by atoms with Gasteiger partial charge in [-0.25, -0.2) is 14.0 Å². The standard InChI is InChI=1S/C19H25N5O2/c25-17-9-5-11-22(17)12-13-23-19(26)24(16-7-2-1-3-8-16)18(21-23)15-6-4-10-20-14-15/h1-3,7-8,15,20H,4-6,9-14H2. The first kappa shape index (κ1) is 17.0. The highest BCUT2D eigenvalue weighted by molar-refractivity contribution is 5.77. The second-order valence-corrected chi connectivity index (χ2v) is 7.06. The molecule has 3 heterocycles. The molecule has 0 bridgehead atoms. The van der Waals surface area contributed by atoms with Gasteiger partial charge in [-0.15, -0.1) is 0 Å². The summed E-state index contributed by atoms with van der Waals surface area (Å²) in [5.41, 5.74) is 0.727. The van der Waals surface area contributed by atoms with E-state index < -0.39 is 0 Å². The van der Waals surface area contributed by atoms with Gasteiger partial charge in [-0.3, -0.25) is 4.79 Å². The van der Waals surface area contributed by atoms with Gasteiger partial charge in [0, 0.05) is 32.0 Å². The molecule has 2 aliphatic rings. The van der Waals surface area contributed by atoms with Gasteiger partial charge in [-0.1, -0.05) is 18.2 Å². The molecule has 1 amide bonds. The molecule has 2 saturated heterocycles. The largest absolute Gasteiger partial charge is 0.350 e. The third-order valence-electron chi connectivity index (χ3n) is 5.29. The lowest BCUT2D eigenvalue weighted by molar-refractivity contribution is -0.127. The van der Waals surface area contributed by atoms with Crippen molar-refractivity contribution in [2.45, 2.75) is 38.1 Å². The maximum absolute atomic E-state index is 13.1. The van der Waals surface area contributed by atoms with E-state index in [4.69, 9.17) is 0 Å². The van der Waals surface area contributed by atoms with E-state index in [-0.39, 0.29) is 17.5 Å². The van der Waals surface area contributed by atoms with Crippen LogP contribution in [-0.4, -0.2) is 51.3 Å². The highest BCUT2D eigenvalue weighted by Crippen LogP contribution is 2.23. The summed E-state index contributed by atoms with van der Waals surface area (Å²) in [6.45, 7) is 3.63. The summed E-state index contributed by atoms with van der Waals surface area (Å²) in [6, 6.07) is 9.70. The molecule has 2 aromatic rings. The van der Waals surface area contributed by atoms with Crippen molar-refractivity contribution in [3.05, 3.63) is 46.6 Å². The van der Waals surface area contributed by atoms with E-state index in [0.29, 0.717) is 19.5 Å². The molecule has 0 aliphatic carbocycles. The number of piperidine rings is 1. The SMILES string of the molecule is O=C1CCCN1CCn1nc(C2CCCNC2)n(-c2ccccc2)c1=O. The molecule has 0 radical (unpaired) electrons. The van der Waals surface area contributed by atoms with Crippen LogP contribution in [0.4, 0.5) is 0 Å². The number of nitrogens with one attached hydrogen (secondary N) is 1. The van der Waals surface area contributed by atoms with Gasteiger partial charge in [-0.2, -0.15) is 5.10 Å². The molecule has 2 aliphatic heterocycles. The van der Waals surface area contributed by atoms with E-state index in [9.17, 15) is 9.59 Å². The summed E-state index contributed by atoms with van der Waals surface area (Å²) < 4.78 is 3.27. The predicted octanol–water partition coefficient (Wildman–Crippen LogP) is 1.12. The van der Waals surface area contributed by atoms with E-state index >= 15 is 0 Å². The van der Waals surface area contributed by atoms with E-state index in [1.165, 1.54) is 4.68 Å². The van der Waals surface area contributed by atoms with Crippen molar-refractivity contribution >= 4 is 5.91 Å². The molecule has 26 heavy (non-hydrogen) atoms. The zero-order chi connectivity index (χ0) is 17.9. The Morgan fingerprint density at radius 3 is 2.65 bits per heavy atom. The number of aromatic nitrogens is 3. The molecule has 1 aromatic heterocycles. The molecule has 1 unspecified atom stereocenters. The summed E-state index contributed by atoms with van der Waals surface area (Å²) in [6.07, 6.45) is 3.64. The lowest BCUT2D eigenvalue weighted by atomic mass is 9.99. The Bertz CT molecular complexity index is 820. The first-order chi connectivity index (χ1) is 12.7. The summed E-state index contributed by atoms with van der Waals surface area (Å²) in [4.78, 5) is 26.7. The van der Waals surface area contributed by atoms with Crippen molar-refractivity contribution in [3.8, 4) is 5.69 Å². The Kier molecular flexibility index (Phi) is 4.88. The van der Waals surface area contributed by atoms with E-state index in [1.54, 1.807) is 4.57 Å². The molecule has 1 N–H and O–H groups in total. The Hall–Kier alpha value is -2.41. The Morgan fingerprint density at radius 2 is 1.96 bits per heavy atom. The summed E-state index contributed by atoms with van der Waals surface area (Å²) in [5, 5.41) is 8.09. The highest BCUT2D eigenvalue weighted by Gasteiger charge is 2.26. The van der Waals surface area contributed by atoms with Crippen molar-refractivity contribution in [1.29, 1.82) is 0 Å². The van der Waals surface area contributed by atoms with Crippen LogP contribution >= 0.6 is 0 Å². The van der Waals surface area contributed by atoms with Crippen LogP contribution in [0.5, 0.6) is 0 Å². The molecule has 138 valence electrons. The Labute approximate surface area is 152 Å². The fourth-order valence-electron chi connectivity index (χ4n) is 3.88. The molecular formula is C19H25N5O2. The van der Waals surface area contributed by atoms with Crippen molar-refractivity contribution in [3.63, 3.8) is 0 Å². The number of para-hydroxylation sites is 1. The smallest absolute Gasteiger partial charge is 0.341 e. The molecule has 4 rings (SSSR count). The minimum Gasteiger partial charge on any atom is -0.341 e. The topological polar surface area (TPSA) is 72.2 Å². The zero-order valence-corrected chi connectivity index (χ0v) is 14.9. The fourth-order valence-corrected chi connectivity index (χ4v) is 3.88. The summed E-state index contributed by atoms with van der Waals surface area (Å²) >= 11 is 0. The first-order valence-corrected chi connectivity index (χ1v) is 9.48. The highest BCUT2D eigenvalue weighted by atomic mass is 16.2. The Morgan fingerprint density at radius 1 is 1.12 bits per heavy atom. The minimum atomic E-state index is -0.122. The molecule has 7 heteroatoms. The molecule has 0 spiro atoms. The number of hydrogen-bond acceptors (Lipinski definition) is 4. The Balaban J connectivity index is 1.65. The number of hydrogen-bond donors (Lipinski definition) is 1. The number of likely N-dealkylation sites (tertiary alicyclic amines) is 1. The van der Waals surface area contributed by atoms with Crippen LogP contribution in [0.3, 0.4) is 0 Å². The lowest BCUT2D eigenvalue weighted by Crippen LogP contribution is -2.33. The van der Waals surface area contributed by atoms with Gasteiger partial charge in [0.15, 0.2) is 0 Å². The van der Waals surface area contributed by atoms with Gasteiger partial charge < -0.3 is 10.2 Å². The van der Waals surface area contributed by atoms with Gasteiger partial charge >= 0.3 is 5.69 Å². The van der Waals surface area contributed by atoms with E-state index in [2.05, 4.69) is 10.4 Å².